The van der Waals surface area contributed by atoms with Gasteiger partial charge in [0, 0.05) is 30.2 Å². The number of benzene rings is 2. The van der Waals surface area contributed by atoms with Crippen molar-refractivity contribution >= 4 is 33.9 Å². The molecule has 1 amide bonds. The van der Waals surface area contributed by atoms with E-state index >= 15 is 0 Å². The average Bonchev–Trinajstić information content (AvgIpc) is 3.01. The van der Waals surface area contributed by atoms with Crippen LogP contribution in [0.1, 0.15) is 5.56 Å². The van der Waals surface area contributed by atoms with Gasteiger partial charge in [-0.25, -0.2) is 4.79 Å². The van der Waals surface area contributed by atoms with Gasteiger partial charge in [0.25, 0.3) is 5.56 Å². The summed E-state index contributed by atoms with van der Waals surface area (Å²) < 4.78 is 1.58. The topological polar surface area (TPSA) is 99.8 Å². The monoisotopic (exact) mass is 374 g/mol. The Bertz CT molecular complexity index is 1310. The first-order chi connectivity index (χ1) is 13.6. The highest BCUT2D eigenvalue weighted by atomic mass is 16.2. The first kappa shape index (κ1) is 17.5. The quantitative estimate of drug-likeness (QED) is 0.466. The highest BCUT2D eigenvalue weighted by molar-refractivity contribution is 5.92. The Hall–Kier alpha value is -3.87. The second-order valence-corrected chi connectivity index (χ2v) is 6.36. The predicted octanol–water partition coefficient (Wildman–Crippen LogP) is 2.00. The van der Waals surface area contributed by atoms with Crippen LogP contribution in [0, 0.1) is 0 Å². The molecule has 2 aromatic carbocycles. The molecule has 3 N–H and O–H groups in total. The number of aromatic amines is 2. The molecule has 28 heavy (non-hydrogen) atoms. The number of hydrogen-bond donors (Lipinski definition) is 3. The van der Waals surface area contributed by atoms with E-state index < -0.39 is 0 Å². The summed E-state index contributed by atoms with van der Waals surface area (Å²) in [5.74, 6) is -0.333. The summed E-state index contributed by atoms with van der Waals surface area (Å²) in [6.07, 6.45) is 2.80. The molecule has 0 aliphatic carbocycles. The van der Waals surface area contributed by atoms with E-state index in [4.69, 9.17) is 0 Å². The van der Waals surface area contributed by atoms with Crippen LogP contribution in [-0.4, -0.2) is 27.0 Å². The van der Waals surface area contributed by atoms with E-state index in [1.165, 1.54) is 12.2 Å². The van der Waals surface area contributed by atoms with E-state index in [2.05, 4.69) is 15.3 Å². The van der Waals surface area contributed by atoms with Crippen molar-refractivity contribution in [1.82, 2.24) is 19.9 Å². The molecule has 0 spiro atoms. The maximum atomic E-state index is 12.1. The van der Waals surface area contributed by atoms with Crippen molar-refractivity contribution in [3.8, 4) is 0 Å². The lowest BCUT2D eigenvalue weighted by Gasteiger charge is -2.04. The van der Waals surface area contributed by atoms with Gasteiger partial charge in [-0.3, -0.25) is 14.2 Å². The molecule has 7 heteroatoms. The number of fused-ring (bicyclic) bond motifs is 2. The molecule has 0 aliphatic rings. The van der Waals surface area contributed by atoms with Gasteiger partial charge in [-0.2, -0.15) is 0 Å². The molecular formula is C21H18N4O3. The Morgan fingerprint density at radius 3 is 2.61 bits per heavy atom. The standard InChI is InChI=1S/C21H18N4O3/c26-19(10-9-15-13-14-5-1-2-6-16(14)23-20(15)27)22-11-12-25-18-8-4-3-7-17(18)24-21(25)28/h1-10,13H,11-12H2,(H,22,26)(H,23,27)(H,24,28)/b10-9+. The van der Waals surface area contributed by atoms with Gasteiger partial charge in [0.1, 0.15) is 0 Å². The number of nitrogens with one attached hydrogen (secondary N) is 3. The summed E-state index contributed by atoms with van der Waals surface area (Å²) in [6.45, 7) is 0.637. The van der Waals surface area contributed by atoms with Crippen LogP contribution in [0.3, 0.4) is 0 Å². The summed E-state index contributed by atoms with van der Waals surface area (Å²) in [4.78, 5) is 41.7. The summed E-state index contributed by atoms with van der Waals surface area (Å²) in [6, 6.07) is 16.6. The van der Waals surface area contributed by atoms with Gasteiger partial charge in [0.15, 0.2) is 0 Å². The molecule has 140 valence electrons. The minimum Gasteiger partial charge on any atom is -0.351 e. The number of para-hydroxylation sites is 3. The molecule has 0 saturated heterocycles. The van der Waals surface area contributed by atoms with E-state index in [1.54, 1.807) is 10.6 Å². The Morgan fingerprint density at radius 2 is 1.75 bits per heavy atom. The van der Waals surface area contributed by atoms with E-state index in [0.717, 1.165) is 21.9 Å². The molecular weight excluding hydrogens is 356 g/mol. The smallest absolute Gasteiger partial charge is 0.326 e. The Morgan fingerprint density at radius 1 is 1.00 bits per heavy atom. The highest BCUT2D eigenvalue weighted by Gasteiger charge is 2.06. The zero-order valence-electron chi connectivity index (χ0n) is 14.9. The minimum atomic E-state index is -0.333. The van der Waals surface area contributed by atoms with Crippen LogP contribution in [0.5, 0.6) is 0 Å². The number of carbonyl (C=O) groups excluding carboxylic acids is 1. The second-order valence-electron chi connectivity index (χ2n) is 6.36. The third-order valence-corrected chi connectivity index (χ3v) is 4.51. The third-order valence-electron chi connectivity index (χ3n) is 4.51. The lowest BCUT2D eigenvalue weighted by molar-refractivity contribution is -0.116. The fraction of sp³-hybridized carbons (Fsp3) is 0.0952. The van der Waals surface area contributed by atoms with E-state index in [1.807, 2.05) is 48.5 Å². The number of H-pyrrole nitrogens is 2. The van der Waals surface area contributed by atoms with Gasteiger partial charge >= 0.3 is 5.69 Å². The van der Waals surface area contributed by atoms with Crippen LogP contribution < -0.4 is 16.6 Å². The number of imidazole rings is 1. The lowest BCUT2D eigenvalue weighted by atomic mass is 10.1. The zero-order chi connectivity index (χ0) is 19.5. The maximum absolute atomic E-state index is 12.1. The van der Waals surface area contributed by atoms with Crippen LogP contribution in [-0.2, 0) is 11.3 Å². The summed E-state index contributed by atoms with van der Waals surface area (Å²) in [5.41, 5.74) is 2.23. The normalized spacial score (nSPS) is 11.4. The van der Waals surface area contributed by atoms with Crippen molar-refractivity contribution in [3.05, 3.63) is 87.1 Å². The van der Waals surface area contributed by atoms with Gasteiger partial charge in [-0.15, -0.1) is 0 Å². The van der Waals surface area contributed by atoms with Crippen LogP contribution >= 0.6 is 0 Å². The Balaban J connectivity index is 1.42. The second kappa shape index (κ2) is 7.40. The predicted molar refractivity (Wildman–Crippen MR) is 109 cm³/mol. The van der Waals surface area contributed by atoms with E-state index in [9.17, 15) is 14.4 Å². The molecule has 4 rings (SSSR count). The largest absolute Gasteiger partial charge is 0.351 e. The number of carbonyl (C=O) groups is 1. The van der Waals surface area contributed by atoms with Crippen LogP contribution in [0.2, 0.25) is 0 Å². The first-order valence-electron chi connectivity index (χ1n) is 8.87. The summed E-state index contributed by atoms with van der Waals surface area (Å²) in [5, 5.41) is 3.62. The van der Waals surface area contributed by atoms with Gasteiger partial charge in [-0.1, -0.05) is 30.3 Å². The van der Waals surface area contributed by atoms with E-state index in [-0.39, 0.29) is 17.2 Å². The molecule has 7 nitrogen and oxygen atoms in total. The first-order valence-corrected chi connectivity index (χ1v) is 8.87. The van der Waals surface area contributed by atoms with Crippen molar-refractivity contribution in [2.45, 2.75) is 6.54 Å². The molecule has 4 aromatic rings. The van der Waals surface area contributed by atoms with Crippen molar-refractivity contribution in [3.63, 3.8) is 0 Å². The number of amides is 1. The number of aromatic nitrogens is 3. The number of nitrogens with zero attached hydrogens (tertiary/aromatic N) is 1. The highest BCUT2D eigenvalue weighted by Crippen LogP contribution is 2.11. The van der Waals surface area contributed by atoms with Gasteiger partial charge in [-0.05, 0) is 35.7 Å². The van der Waals surface area contributed by atoms with Crippen LogP contribution in [0.25, 0.3) is 28.0 Å². The molecule has 2 aromatic heterocycles. The number of rotatable bonds is 5. The molecule has 0 bridgehead atoms. The zero-order valence-corrected chi connectivity index (χ0v) is 14.9. The van der Waals surface area contributed by atoms with Crippen molar-refractivity contribution < 1.29 is 4.79 Å². The van der Waals surface area contributed by atoms with E-state index in [0.29, 0.717) is 18.7 Å². The third kappa shape index (κ3) is 3.50. The van der Waals surface area contributed by atoms with Crippen molar-refractivity contribution in [2.24, 2.45) is 0 Å². The van der Waals surface area contributed by atoms with Gasteiger partial charge < -0.3 is 15.3 Å². The summed E-state index contributed by atoms with van der Waals surface area (Å²) in [7, 11) is 0. The molecule has 0 atom stereocenters. The fourth-order valence-electron chi connectivity index (χ4n) is 3.13. The van der Waals surface area contributed by atoms with Gasteiger partial charge in [0.05, 0.1) is 11.0 Å². The maximum Gasteiger partial charge on any atom is 0.326 e. The van der Waals surface area contributed by atoms with Crippen LogP contribution in [0.4, 0.5) is 0 Å². The molecule has 0 saturated carbocycles. The Labute approximate surface area is 159 Å². The SMILES string of the molecule is O=C(/C=C/c1cc2ccccc2[nH]c1=O)NCCn1c(=O)[nH]c2ccccc21. The molecule has 2 heterocycles. The number of hydrogen-bond acceptors (Lipinski definition) is 3. The molecule has 0 unspecified atom stereocenters. The lowest BCUT2D eigenvalue weighted by Crippen LogP contribution is -2.28. The average molecular weight is 374 g/mol. The number of pyridine rings is 1. The van der Waals surface area contributed by atoms with Gasteiger partial charge in [0.2, 0.25) is 5.91 Å². The van der Waals surface area contributed by atoms with Crippen molar-refractivity contribution in [1.29, 1.82) is 0 Å². The Kier molecular flexibility index (Phi) is 4.63. The van der Waals surface area contributed by atoms with Crippen molar-refractivity contribution in [2.75, 3.05) is 6.54 Å². The van der Waals surface area contributed by atoms with Crippen LogP contribution in [0.15, 0.2) is 70.3 Å². The molecule has 0 aliphatic heterocycles. The fourth-order valence-corrected chi connectivity index (χ4v) is 3.13. The summed E-state index contributed by atoms with van der Waals surface area (Å²) >= 11 is 0. The molecule has 0 radical (unpaired) electrons. The minimum absolute atomic E-state index is 0.214. The molecule has 0 fully saturated rings.